The fraction of sp³-hybridized carbons (Fsp3) is 0.222. The van der Waals surface area contributed by atoms with Gasteiger partial charge in [-0.2, -0.15) is 0 Å². The van der Waals surface area contributed by atoms with E-state index >= 15 is 0 Å². The molecule has 0 heterocycles. The first-order valence-corrected chi connectivity index (χ1v) is 7.32. The van der Waals surface area contributed by atoms with Crippen molar-refractivity contribution in [2.24, 2.45) is 0 Å². The molecule has 5 heteroatoms. The molecule has 0 aromatic heterocycles. The second kappa shape index (κ2) is 7.45. The molecule has 2 rings (SSSR count). The molecule has 0 bridgehead atoms. The molecule has 2 aromatic rings. The highest BCUT2D eigenvalue weighted by molar-refractivity contribution is 5.99. The maximum absolute atomic E-state index is 12.3. The summed E-state index contributed by atoms with van der Waals surface area (Å²) in [5, 5.41) is 5.92. The van der Waals surface area contributed by atoms with Crippen LogP contribution in [0.5, 0.6) is 5.75 Å². The smallest absolute Gasteiger partial charge is 0.246 e. The van der Waals surface area contributed by atoms with Crippen LogP contribution in [0.3, 0.4) is 0 Å². The molecule has 0 saturated carbocycles. The van der Waals surface area contributed by atoms with Crippen molar-refractivity contribution in [1.82, 2.24) is 0 Å². The first kappa shape index (κ1) is 16.5. The van der Waals surface area contributed by atoms with Crippen LogP contribution in [0.1, 0.15) is 24.2 Å². The minimum Gasteiger partial charge on any atom is -0.495 e. The zero-order valence-electron chi connectivity index (χ0n) is 13.4. The third-order valence-corrected chi connectivity index (χ3v) is 3.41. The summed E-state index contributed by atoms with van der Waals surface area (Å²) < 4.78 is 5.25. The van der Waals surface area contributed by atoms with Crippen LogP contribution >= 0.6 is 0 Å². The largest absolute Gasteiger partial charge is 0.495 e. The average molecular weight is 312 g/mol. The minimum absolute atomic E-state index is 0.0405. The zero-order valence-corrected chi connectivity index (χ0v) is 13.4. The summed E-state index contributed by atoms with van der Waals surface area (Å²) >= 11 is 0. The molecule has 1 amide bonds. The SMILES string of the molecule is COc1ccccc1N[C@H](C)C(=O)Nc1cccc(C(C)=O)c1. The Morgan fingerprint density at radius 1 is 1.09 bits per heavy atom. The summed E-state index contributed by atoms with van der Waals surface area (Å²) in [7, 11) is 1.58. The summed E-state index contributed by atoms with van der Waals surface area (Å²) in [6, 6.07) is 13.8. The Hall–Kier alpha value is -2.82. The lowest BCUT2D eigenvalue weighted by molar-refractivity contribution is -0.116. The van der Waals surface area contributed by atoms with Crippen molar-refractivity contribution in [2.75, 3.05) is 17.7 Å². The van der Waals surface area contributed by atoms with Gasteiger partial charge in [-0.05, 0) is 38.1 Å². The van der Waals surface area contributed by atoms with E-state index in [0.29, 0.717) is 17.0 Å². The van der Waals surface area contributed by atoms with Gasteiger partial charge in [0, 0.05) is 11.3 Å². The van der Waals surface area contributed by atoms with Gasteiger partial charge in [-0.3, -0.25) is 9.59 Å². The Labute approximate surface area is 135 Å². The fourth-order valence-electron chi connectivity index (χ4n) is 2.13. The van der Waals surface area contributed by atoms with E-state index in [1.165, 1.54) is 6.92 Å². The highest BCUT2D eigenvalue weighted by Gasteiger charge is 2.15. The number of hydrogen-bond donors (Lipinski definition) is 2. The van der Waals surface area contributed by atoms with Gasteiger partial charge in [-0.15, -0.1) is 0 Å². The number of rotatable bonds is 6. The molecule has 2 N–H and O–H groups in total. The number of nitrogens with one attached hydrogen (secondary N) is 2. The predicted octanol–water partition coefficient (Wildman–Crippen LogP) is 3.34. The number of methoxy groups -OCH3 is 1. The van der Waals surface area contributed by atoms with E-state index in [9.17, 15) is 9.59 Å². The van der Waals surface area contributed by atoms with Crippen molar-refractivity contribution >= 4 is 23.1 Å². The van der Waals surface area contributed by atoms with Crippen molar-refractivity contribution in [3.63, 3.8) is 0 Å². The molecule has 23 heavy (non-hydrogen) atoms. The van der Waals surface area contributed by atoms with Gasteiger partial charge in [-0.25, -0.2) is 0 Å². The van der Waals surface area contributed by atoms with Crippen molar-refractivity contribution in [3.8, 4) is 5.75 Å². The fourth-order valence-corrected chi connectivity index (χ4v) is 2.13. The van der Waals surface area contributed by atoms with Gasteiger partial charge in [0.25, 0.3) is 0 Å². The predicted molar refractivity (Wildman–Crippen MR) is 91.2 cm³/mol. The number of ether oxygens (including phenoxy) is 1. The van der Waals surface area contributed by atoms with E-state index in [1.807, 2.05) is 24.3 Å². The summed E-state index contributed by atoms with van der Waals surface area (Å²) in [5.74, 6) is 0.434. The lowest BCUT2D eigenvalue weighted by Crippen LogP contribution is -2.32. The molecule has 1 atom stereocenters. The van der Waals surface area contributed by atoms with Gasteiger partial charge in [0.15, 0.2) is 5.78 Å². The third-order valence-electron chi connectivity index (χ3n) is 3.41. The van der Waals surface area contributed by atoms with Gasteiger partial charge in [-0.1, -0.05) is 24.3 Å². The van der Waals surface area contributed by atoms with Crippen LogP contribution < -0.4 is 15.4 Å². The number of carbonyl (C=O) groups excluding carboxylic acids is 2. The highest BCUT2D eigenvalue weighted by Crippen LogP contribution is 2.24. The number of benzene rings is 2. The van der Waals surface area contributed by atoms with Gasteiger partial charge in [0.05, 0.1) is 12.8 Å². The van der Waals surface area contributed by atoms with E-state index in [4.69, 9.17) is 4.74 Å². The number of anilines is 2. The molecule has 5 nitrogen and oxygen atoms in total. The Bertz CT molecular complexity index is 713. The van der Waals surface area contributed by atoms with Crippen LogP contribution in [0.2, 0.25) is 0 Å². The Balaban J connectivity index is 2.05. The molecular weight excluding hydrogens is 292 g/mol. The Kier molecular flexibility index (Phi) is 5.36. The molecule has 0 spiro atoms. The van der Waals surface area contributed by atoms with E-state index < -0.39 is 6.04 Å². The summed E-state index contributed by atoms with van der Waals surface area (Å²) in [6.45, 7) is 3.25. The lowest BCUT2D eigenvalue weighted by Gasteiger charge is -2.17. The van der Waals surface area contributed by atoms with Crippen LogP contribution in [0.15, 0.2) is 48.5 Å². The van der Waals surface area contributed by atoms with Crippen LogP contribution in [0, 0.1) is 0 Å². The number of ketones is 1. The van der Waals surface area contributed by atoms with Gasteiger partial charge in [0.2, 0.25) is 5.91 Å². The Morgan fingerprint density at radius 2 is 1.83 bits per heavy atom. The number of amides is 1. The molecule has 0 aliphatic carbocycles. The molecule has 0 aliphatic heterocycles. The number of para-hydroxylation sites is 2. The second-order valence-corrected chi connectivity index (χ2v) is 5.19. The van der Waals surface area contributed by atoms with Crippen molar-refractivity contribution in [3.05, 3.63) is 54.1 Å². The zero-order chi connectivity index (χ0) is 16.8. The number of Topliss-reactive ketones (excluding diaryl/α,β-unsaturated/α-hetero) is 1. The van der Waals surface area contributed by atoms with Gasteiger partial charge < -0.3 is 15.4 Å². The number of hydrogen-bond acceptors (Lipinski definition) is 4. The lowest BCUT2D eigenvalue weighted by atomic mass is 10.1. The monoisotopic (exact) mass is 312 g/mol. The van der Waals surface area contributed by atoms with Crippen LogP contribution in [0.4, 0.5) is 11.4 Å². The van der Waals surface area contributed by atoms with E-state index in [-0.39, 0.29) is 11.7 Å². The maximum atomic E-state index is 12.3. The molecule has 0 saturated heterocycles. The van der Waals surface area contributed by atoms with E-state index in [2.05, 4.69) is 10.6 Å². The van der Waals surface area contributed by atoms with Crippen molar-refractivity contribution in [1.29, 1.82) is 0 Å². The normalized spacial score (nSPS) is 11.4. The molecule has 120 valence electrons. The molecule has 0 aliphatic rings. The summed E-state index contributed by atoms with van der Waals surface area (Å²) in [6.07, 6.45) is 0. The van der Waals surface area contributed by atoms with Gasteiger partial charge in [0.1, 0.15) is 11.8 Å². The summed E-state index contributed by atoms with van der Waals surface area (Å²) in [5.41, 5.74) is 1.90. The minimum atomic E-state index is -0.465. The first-order valence-electron chi connectivity index (χ1n) is 7.32. The molecule has 2 aromatic carbocycles. The van der Waals surface area contributed by atoms with Gasteiger partial charge >= 0.3 is 0 Å². The van der Waals surface area contributed by atoms with E-state index in [0.717, 1.165) is 5.69 Å². The maximum Gasteiger partial charge on any atom is 0.246 e. The summed E-state index contributed by atoms with van der Waals surface area (Å²) in [4.78, 5) is 23.7. The molecule has 0 radical (unpaired) electrons. The van der Waals surface area contributed by atoms with Crippen molar-refractivity contribution < 1.29 is 14.3 Å². The quantitative estimate of drug-likeness (QED) is 0.803. The van der Waals surface area contributed by atoms with Crippen LogP contribution in [0.25, 0.3) is 0 Å². The molecule has 0 unspecified atom stereocenters. The highest BCUT2D eigenvalue weighted by atomic mass is 16.5. The topological polar surface area (TPSA) is 67.4 Å². The van der Waals surface area contributed by atoms with E-state index in [1.54, 1.807) is 38.3 Å². The Morgan fingerprint density at radius 3 is 2.52 bits per heavy atom. The number of carbonyl (C=O) groups is 2. The average Bonchev–Trinajstić information content (AvgIpc) is 2.55. The second-order valence-electron chi connectivity index (χ2n) is 5.19. The standard InChI is InChI=1S/C18H20N2O3/c1-12(19-16-9-4-5-10-17(16)23-3)18(22)20-15-8-6-7-14(11-15)13(2)21/h4-12,19H,1-3H3,(H,20,22)/t12-/m1/s1. The first-order chi connectivity index (χ1) is 11.0. The van der Waals surface area contributed by atoms with Crippen LogP contribution in [-0.4, -0.2) is 24.8 Å². The van der Waals surface area contributed by atoms with Crippen LogP contribution in [-0.2, 0) is 4.79 Å². The third kappa shape index (κ3) is 4.32. The molecular formula is C18H20N2O3. The molecule has 0 fully saturated rings. The van der Waals surface area contributed by atoms with Crippen molar-refractivity contribution in [2.45, 2.75) is 19.9 Å².